The Morgan fingerprint density at radius 3 is 2.64 bits per heavy atom. The van der Waals surface area contributed by atoms with Gasteiger partial charge in [0.2, 0.25) is 0 Å². The highest BCUT2D eigenvalue weighted by Gasteiger charge is 2.20. The van der Waals surface area contributed by atoms with Crippen LogP contribution in [0.2, 0.25) is 0 Å². The molecule has 0 saturated carbocycles. The summed E-state index contributed by atoms with van der Waals surface area (Å²) < 4.78 is 11.2. The van der Waals surface area contributed by atoms with Gasteiger partial charge < -0.3 is 14.8 Å². The smallest absolute Gasteiger partial charge is 0.252 e. The first-order valence-corrected chi connectivity index (χ1v) is 9.26. The molecule has 0 saturated heterocycles. The number of amides is 1. The van der Waals surface area contributed by atoms with Gasteiger partial charge in [0.25, 0.3) is 5.91 Å². The Morgan fingerprint density at radius 2 is 1.96 bits per heavy atom. The fourth-order valence-electron chi connectivity index (χ4n) is 2.77. The quantitative estimate of drug-likeness (QED) is 0.792. The predicted octanol–water partition coefficient (Wildman–Crippen LogP) is 3.99. The topological polar surface area (TPSA) is 64.6 Å². The lowest BCUT2D eigenvalue weighted by Gasteiger charge is -2.22. The van der Waals surface area contributed by atoms with Crippen molar-refractivity contribution in [1.29, 1.82) is 0 Å². The number of benzene rings is 1. The summed E-state index contributed by atoms with van der Waals surface area (Å²) in [7, 11) is 0. The second-order valence-electron chi connectivity index (χ2n) is 5.97. The third-order valence-electron chi connectivity index (χ3n) is 4.06. The molecule has 1 aromatic carbocycles. The molecule has 3 rings (SSSR count). The highest BCUT2D eigenvalue weighted by molar-refractivity contribution is 7.12. The molecule has 0 bridgehead atoms. The van der Waals surface area contributed by atoms with Crippen molar-refractivity contribution in [1.82, 2.24) is 5.32 Å². The first kappa shape index (κ1) is 17.5. The predicted molar refractivity (Wildman–Crippen MR) is 96.9 cm³/mol. The lowest BCUT2D eigenvalue weighted by molar-refractivity contribution is 0.0934. The van der Waals surface area contributed by atoms with E-state index < -0.39 is 0 Å². The van der Waals surface area contributed by atoms with Gasteiger partial charge in [-0.05, 0) is 37.1 Å². The van der Waals surface area contributed by atoms with E-state index in [1.54, 1.807) is 11.4 Å². The van der Waals surface area contributed by atoms with Crippen molar-refractivity contribution in [2.45, 2.75) is 32.7 Å². The van der Waals surface area contributed by atoms with Gasteiger partial charge in [-0.15, -0.1) is 11.3 Å². The molecule has 1 aliphatic heterocycles. The van der Waals surface area contributed by atoms with Crippen LogP contribution in [0, 0.1) is 0 Å². The first-order chi connectivity index (χ1) is 12.1. The third-order valence-corrected chi connectivity index (χ3v) is 5.09. The van der Waals surface area contributed by atoms with Crippen LogP contribution in [0.1, 0.15) is 58.3 Å². The largest absolute Gasteiger partial charge is 0.486 e. The van der Waals surface area contributed by atoms with Crippen LogP contribution >= 0.6 is 11.3 Å². The van der Waals surface area contributed by atoms with E-state index in [9.17, 15) is 9.59 Å². The number of carbonyl (C=O) groups excluding carboxylic acids is 2. The Kier molecular flexibility index (Phi) is 5.38. The summed E-state index contributed by atoms with van der Waals surface area (Å²) in [6.45, 7) is 4.67. The Balaban J connectivity index is 1.78. The van der Waals surface area contributed by atoms with Gasteiger partial charge >= 0.3 is 0 Å². The molecule has 1 aliphatic rings. The summed E-state index contributed by atoms with van der Waals surface area (Å²) in [5.74, 6) is 1.26. The Bertz CT molecular complexity index is 783. The Labute approximate surface area is 151 Å². The summed E-state index contributed by atoms with van der Waals surface area (Å²) in [6.07, 6.45) is 1.75. The molecule has 1 aromatic heterocycles. The summed E-state index contributed by atoms with van der Waals surface area (Å²) in [5, 5.41) is 4.79. The number of carbonyl (C=O) groups is 2. The van der Waals surface area contributed by atoms with Gasteiger partial charge in [-0.1, -0.05) is 19.4 Å². The van der Waals surface area contributed by atoms with Crippen LogP contribution in [0.4, 0.5) is 0 Å². The molecule has 1 atom stereocenters. The monoisotopic (exact) mass is 359 g/mol. The van der Waals surface area contributed by atoms with Crippen LogP contribution in [-0.4, -0.2) is 24.9 Å². The van der Waals surface area contributed by atoms with Crippen molar-refractivity contribution in [2.24, 2.45) is 0 Å². The minimum atomic E-state index is -0.169. The molecule has 1 N–H and O–H groups in total. The van der Waals surface area contributed by atoms with Gasteiger partial charge in [-0.3, -0.25) is 9.59 Å². The third kappa shape index (κ3) is 4.02. The van der Waals surface area contributed by atoms with E-state index in [1.165, 1.54) is 18.3 Å². The second kappa shape index (κ2) is 7.70. The number of fused-ring (bicyclic) bond motifs is 1. The number of rotatable bonds is 6. The average Bonchev–Trinajstić information content (AvgIpc) is 3.11. The molecular weight excluding hydrogens is 338 g/mol. The zero-order valence-electron chi connectivity index (χ0n) is 14.3. The Hall–Kier alpha value is -2.34. The Morgan fingerprint density at radius 1 is 1.20 bits per heavy atom. The zero-order chi connectivity index (χ0) is 17.8. The number of nitrogens with one attached hydrogen (secondary N) is 1. The SMILES string of the molecule is CCC[C@@H](NC(=O)c1csc(C(C)=O)c1)c1ccc2c(c1)OCCO2. The van der Waals surface area contributed by atoms with Gasteiger partial charge in [0.1, 0.15) is 13.2 Å². The number of hydrogen-bond donors (Lipinski definition) is 1. The molecule has 6 heteroatoms. The summed E-state index contributed by atoms with van der Waals surface area (Å²) in [4.78, 5) is 24.6. The molecule has 0 fully saturated rings. The maximum absolute atomic E-state index is 12.6. The van der Waals surface area contributed by atoms with Crippen LogP contribution < -0.4 is 14.8 Å². The second-order valence-corrected chi connectivity index (χ2v) is 6.88. The molecule has 0 unspecified atom stereocenters. The van der Waals surface area contributed by atoms with Gasteiger partial charge in [0.05, 0.1) is 16.5 Å². The fraction of sp³-hybridized carbons (Fsp3) is 0.368. The number of ketones is 1. The van der Waals surface area contributed by atoms with E-state index in [4.69, 9.17) is 9.47 Å². The normalized spacial score (nSPS) is 14.0. The number of thiophene rings is 1. The van der Waals surface area contributed by atoms with Crippen LogP contribution in [0.25, 0.3) is 0 Å². The van der Waals surface area contributed by atoms with E-state index >= 15 is 0 Å². The van der Waals surface area contributed by atoms with Crippen molar-refractivity contribution in [3.8, 4) is 11.5 Å². The molecule has 0 aliphatic carbocycles. The molecule has 25 heavy (non-hydrogen) atoms. The number of Topliss-reactive ketones (excluding diaryl/α,β-unsaturated/α-hetero) is 1. The zero-order valence-corrected chi connectivity index (χ0v) is 15.2. The molecule has 2 heterocycles. The van der Waals surface area contributed by atoms with E-state index in [1.807, 2.05) is 18.2 Å². The summed E-state index contributed by atoms with van der Waals surface area (Å²) in [6, 6.07) is 7.31. The average molecular weight is 359 g/mol. The molecule has 5 nitrogen and oxygen atoms in total. The van der Waals surface area contributed by atoms with E-state index in [-0.39, 0.29) is 17.7 Å². The lowest BCUT2D eigenvalue weighted by atomic mass is 10.0. The van der Waals surface area contributed by atoms with Crippen LogP contribution in [0.15, 0.2) is 29.6 Å². The first-order valence-electron chi connectivity index (χ1n) is 8.38. The van der Waals surface area contributed by atoms with E-state index in [2.05, 4.69) is 12.2 Å². The van der Waals surface area contributed by atoms with Crippen molar-refractivity contribution in [3.05, 3.63) is 45.6 Å². The molecule has 0 spiro atoms. The standard InChI is InChI=1S/C19H21NO4S/c1-3-4-15(13-5-6-16-17(9-13)24-8-7-23-16)20-19(22)14-10-18(12(2)21)25-11-14/h5-6,9-11,15H,3-4,7-8H2,1-2H3,(H,20,22)/t15-/m1/s1. The summed E-state index contributed by atoms with van der Waals surface area (Å²) in [5.41, 5.74) is 1.51. The fourth-order valence-corrected chi connectivity index (χ4v) is 3.56. The lowest BCUT2D eigenvalue weighted by Crippen LogP contribution is -2.28. The highest BCUT2D eigenvalue weighted by Crippen LogP contribution is 2.33. The summed E-state index contributed by atoms with van der Waals surface area (Å²) >= 11 is 1.29. The molecular formula is C19H21NO4S. The minimum absolute atomic E-state index is 0.0269. The van der Waals surface area contributed by atoms with Crippen LogP contribution in [0.3, 0.4) is 0 Å². The van der Waals surface area contributed by atoms with Crippen LogP contribution in [-0.2, 0) is 0 Å². The van der Waals surface area contributed by atoms with Gasteiger partial charge in [-0.25, -0.2) is 0 Å². The van der Waals surface area contributed by atoms with Crippen molar-refractivity contribution >= 4 is 23.0 Å². The maximum atomic E-state index is 12.6. The van der Waals surface area contributed by atoms with Gasteiger partial charge in [0, 0.05) is 5.38 Å². The number of hydrogen-bond acceptors (Lipinski definition) is 5. The number of ether oxygens (including phenoxy) is 2. The van der Waals surface area contributed by atoms with Crippen LogP contribution in [0.5, 0.6) is 11.5 Å². The highest BCUT2D eigenvalue weighted by atomic mass is 32.1. The van der Waals surface area contributed by atoms with Crippen molar-refractivity contribution in [2.75, 3.05) is 13.2 Å². The van der Waals surface area contributed by atoms with Gasteiger partial charge in [0.15, 0.2) is 17.3 Å². The van der Waals surface area contributed by atoms with Crippen molar-refractivity contribution in [3.63, 3.8) is 0 Å². The molecule has 1 amide bonds. The molecule has 132 valence electrons. The molecule has 2 aromatic rings. The van der Waals surface area contributed by atoms with E-state index in [0.29, 0.717) is 29.4 Å². The van der Waals surface area contributed by atoms with E-state index in [0.717, 1.165) is 24.2 Å². The molecule has 0 radical (unpaired) electrons. The maximum Gasteiger partial charge on any atom is 0.252 e. The van der Waals surface area contributed by atoms with Crippen molar-refractivity contribution < 1.29 is 19.1 Å². The van der Waals surface area contributed by atoms with Gasteiger partial charge in [-0.2, -0.15) is 0 Å². The minimum Gasteiger partial charge on any atom is -0.486 e.